The molecule has 0 bridgehead atoms. The summed E-state index contributed by atoms with van der Waals surface area (Å²) in [6.45, 7) is 6.62. The minimum absolute atomic E-state index is 0.0525. The predicted molar refractivity (Wildman–Crippen MR) is 88.3 cm³/mol. The molecule has 3 heterocycles. The van der Waals surface area contributed by atoms with Gasteiger partial charge in [-0.3, -0.25) is 9.20 Å². The second-order valence-electron chi connectivity index (χ2n) is 5.60. The molecule has 5 nitrogen and oxygen atoms in total. The van der Waals surface area contributed by atoms with E-state index in [0.717, 1.165) is 34.2 Å². The van der Waals surface area contributed by atoms with Crippen molar-refractivity contribution < 1.29 is 9.53 Å². The Morgan fingerprint density at radius 2 is 2.14 bits per heavy atom. The van der Waals surface area contributed by atoms with E-state index in [-0.39, 0.29) is 5.91 Å². The first-order chi connectivity index (χ1) is 10.6. The molecule has 6 heteroatoms. The van der Waals surface area contributed by atoms with Crippen molar-refractivity contribution >= 4 is 27.5 Å². The summed E-state index contributed by atoms with van der Waals surface area (Å²) in [5, 5.41) is 0. The molecule has 3 rings (SSSR count). The van der Waals surface area contributed by atoms with Gasteiger partial charge in [-0.1, -0.05) is 13.3 Å². The van der Waals surface area contributed by atoms with Crippen LogP contribution < -0.4 is 0 Å². The highest BCUT2D eigenvalue weighted by molar-refractivity contribution is 9.10. The van der Waals surface area contributed by atoms with Crippen molar-refractivity contribution in [2.45, 2.75) is 26.7 Å². The monoisotopic (exact) mass is 365 g/mol. The third-order valence-electron chi connectivity index (χ3n) is 3.93. The van der Waals surface area contributed by atoms with Gasteiger partial charge in [0.1, 0.15) is 11.3 Å². The normalized spacial score (nSPS) is 15.5. The first-order valence-corrected chi connectivity index (χ1v) is 8.45. The molecule has 1 aliphatic rings. The van der Waals surface area contributed by atoms with E-state index in [9.17, 15) is 4.79 Å². The van der Waals surface area contributed by atoms with Crippen molar-refractivity contribution in [1.29, 1.82) is 0 Å². The number of aryl methyl sites for hydroxylation is 2. The lowest BCUT2D eigenvalue weighted by molar-refractivity contribution is 0.0297. The van der Waals surface area contributed by atoms with Crippen LogP contribution in [0.15, 0.2) is 16.7 Å². The zero-order chi connectivity index (χ0) is 15.7. The third-order valence-corrected chi connectivity index (χ3v) is 4.36. The molecule has 0 atom stereocenters. The van der Waals surface area contributed by atoms with E-state index in [1.54, 1.807) is 0 Å². The number of ether oxygens (including phenoxy) is 1. The molecule has 1 fully saturated rings. The standard InChI is InChI=1S/C16H20BrN3O2/c1-3-4-13-14(16(21)19-5-7-22-8-6-19)20-10-12(17)9-11(2)15(20)18-13/h9-10H,3-8H2,1-2H3. The van der Waals surface area contributed by atoms with Gasteiger partial charge in [-0.2, -0.15) is 0 Å². The Hall–Kier alpha value is -1.40. The average molecular weight is 366 g/mol. The zero-order valence-corrected chi connectivity index (χ0v) is 14.5. The van der Waals surface area contributed by atoms with E-state index in [2.05, 4.69) is 22.9 Å². The van der Waals surface area contributed by atoms with Gasteiger partial charge < -0.3 is 9.64 Å². The number of morpholine rings is 1. The number of hydrogen-bond acceptors (Lipinski definition) is 3. The summed E-state index contributed by atoms with van der Waals surface area (Å²) in [5.74, 6) is 0.0525. The van der Waals surface area contributed by atoms with Crippen LogP contribution in [0.1, 0.15) is 35.1 Å². The Bertz CT molecular complexity index is 705. The van der Waals surface area contributed by atoms with Gasteiger partial charge in [-0.05, 0) is 40.9 Å². The van der Waals surface area contributed by atoms with Crippen molar-refractivity contribution in [1.82, 2.24) is 14.3 Å². The molecule has 22 heavy (non-hydrogen) atoms. The maximum absolute atomic E-state index is 13.0. The van der Waals surface area contributed by atoms with E-state index in [1.165, 1.54) is 0 Å². The molecular formula is C16H20BrN3O2. The van der Waals surface area contributed by atoms with Crippen LogP contribution in [-0.4, -0.2) is 46.5 Å². The van der Waals surface area contributed by atoms with Gasteiger partial charge in [-0.25, -0.2) is 4.98 Å². The van der Waals surface area contributed by atoms with E-state index < -0.39 is 0 Å². The number of nitrogens with zero attached hydrogens (tertiary/aromatic N) is 3. The van der Waals surface area contributed by atoms with E-state index in [4.69, 9.17) is 9.72 Å². The van der Waals surface area contributed by atoms with Crippen molar-refractivity contribution in [2.75, 3.05) is 26.3 Å². The molecule has 2 aromatic rings. The summed E-state index contributed by atoms with van der Waals surface area (Å²) >= 11 is 3.52. The fraction of sp³-hybridized carbons (Fsp3) is 0.500. The van der Waals surface area contributed by atoms with Crippen LogP contribution in [0, 0.1) is 6.92 Å². The van der Waals surface area contributed by atoms with Gasteiger partial charge in [-0.15, -0.1) is 0 Å². The number of halogens is 1. The summed E-state index contributed by atoms with van der Waals surface area (Å²) in [7, 11) is 0. The number of carbonyl (C=O) groups is 1. The quantitative estimate of drug-likeness (QED) is 0.839. The van der Waals surface area contributed by atoms with E-state index in [0.29, 0.717) is 32.0 Å². The number of pyridine rings is 1. The molecule has 0 aromatic carbocycles. The number of hydrogen-bond donors (Lipinski definition) is 0. The van der Waals surface area contributed by atoms with Gasteiger partial charge in [0, 0.05) is 23.8 Å². The SMILES string of the molecule is CCCc1nc2c(C)cc(Br)cn2c1C(=O)N1CCOCC1. The Morgan fingerprint density at radius 3 is 2.82 bits per heavy atom. The van der Waals surface area contributed by atoms with Crippen LogP contribution in [0.4, 0.5) is 0 Å². The van der Waals surface area contributed by atoms with Crippen LogP contribution in [0.2, 0.25) is 0 Å². The third kappa shape index (κ3) is 2.77. The number of fused-ring (bicyclic) bond motifs is 1. The molecule has 0 N–H and O–H groups in total. The van der Waals surface area contributed by atoms with Gasteiger partial charge >= 0.3 is 0 Å². The molecule has 0 saturated carbocycles. The average Bonchev–Trinajstić information content (AvgIpc) is 2.86. The Kier molecular flexibility index (Phi) is 4.49. The summed E-state index contributed by atoms with van der Waals surface area (Å²) in [6, 6.07) is 2.03. The van der Waals surface area contributed by atoms with Crippen molar-refractivity contribution in [3.63, 3.8) is 0 Å². The second-order valence-corrected chi connectivity index (χ2v) is 6.51. The van der Waals surface area contributed by atoms with Gasteiger partial charge in [0.05, 0.1) is 18.9 Å². The number of amides is 1. The number of aromatic nitrogens is 2. The molecule has 118 valence electrons. The fourth-order valence-corrected chi connectivity index (χ4v) is 3.42. The van der Waals surface area contributed by atoms with Gasteiger partial charge in [0.2, 0.25) is 0 Å². The lowest BCUT2D eigenvalue weighted by Crippen LogP contribution is -2.41. The van der Waals surface area contributed by atoms with Gasteiger partial charge in [0.15, 0.2) is 0 Å². The Morgan fingerprint density at radius 1 is 1.41 bits per heavy atom. The minimum atomic E-state index is 0.0525. The highest BCUT2D eigenvalue weighted by atomic mass is 79.9. The molecule has 1 amide bonds. The first kappa shape index (κ1) is 15.5. The molecule has 0 aliphatic carbocycles. The fourth-order valence-electron chi connectivity index (χ4n) is 2.87. The molecule has 1 saturated heterocycles. The highest BCUT2D eigenvalue weighted by Gasteiger charge is 2.25. The summed E-state index contributed by atoms with van der Waals surface area (Å²) in [4.78, 5) is 19.6. The Balaban J connectivity index is 2.12. The lowest BCUT2D eigenvalue weighted by Gasteiger charge is -2.27. The molecular weight excluding hydrogens is 346 g/mol. The maximum atomic E-state index is 13.0. The topological polar surface area (TPSA) is 46.8 Å². The predicted octanol–water partition coefficient (Wildman–Crippen LogP) is 2.83. The van der Waals surface area contributed by atoms with Crippen LogP contribution in [0.25, 0.3) is 5.65 Å². The number of imidazole rings is 1. The van der Waals surface area contributed by atoms with Gasteiger partial charge in [0.25, 0.3) is 5.91 Å². The first-order valence-electron chi connectivity index (χ1n) is 7.66. The minimum Gasteiger partial charge on any atom is -0.378 e. The summed E-state index contributed by atoms with van der Waals surface area (Å²) < 4.78 is 8.23. The van der Waals surface area contributed by atoms with E-state index in [1.807, 2.05) is 28.5 Å². The Labute approximate surface area is 138 Å². The molecule has 1 aliphatic heterocycles. The molecule has 2 aromatic heterocycles. The van der Waals surface area contributed by atoms with E-state index >= 15 is 0 Å². The largest absolute Gasteiger partial charge is 0.378 e. The van der Waals surface area contributed by atoms with Crippen LogP contribution in [0.3, 0.4) is 0 Å². The summed E-state index contributed by atoms with van der Waals surface area (Å²) in [5.41, 5.74) is 3.51. The van der Waals surface area contributed by atoms with Crippen molar-refractivity contribution in [3.8, 4) is 0 Å². The van der Waals surface area contributed by atoms with Crippen LogP contribution >= 0.6 is 15.9 Å². The summed E-state index contributed by atoms with van der Waals surface area (Å²) in [6.07, 6.45) is 3.71. The van der Waals surface area contributed by atoms with Crippen molar-refractivity contribution in [3.05, 3.63) is 33.7 Å². The van der Waals surface area contributed by atoms with Crippen LogP contribution in [-0.2, 0) is 11.2 Å². The van der Waals surface area contributed by atoms with Crippen molar-refractivity contribution in [2.24, 2.45) is 0 Å². The number of carbonyl (C=O) groups excluding carboxylic acids is 1. The smallest absolute Gasteiger partial charge is 0.272 e. The molecule has 0 spiro atoms. The van der Waals surface area contributed by atoms with Crippen LogP contribution in [0.5, 0.6) is 0 Å². The maximum Gasteiger partial charge on any atom is 0.272 e. The molecule has 0 radical (unpaired) electrons. The highest BCUT2D eigenvalue weighted by Crippen LogP contribution is 2.23. The number of rotatable bonds is 3. The lowest BCUT2D eigenvalue weighted by atomic mass is 10.2. The molecule has 0 unspecified atom stereocenters. The second kappa shape index (κ2) is 6.38. The zero-order valence-electron chi connectivity index (χ0n) is 12.9.